The Bertz CT molecular complexity index is 445. The third-order valence-electron chi connectivity index (χ3n) is 2.45. The standard InChI is InChI=1S/C12H14FNO3/c1-3-9(12(16)17)11(15)14-8-4-5-10(13)7(2)6-8/h4-6,9H,3H2,1-2H3,(H,14,15)(H,16,17). The molecule has 5 heteroatoms. The van der Waals surface area contributed by atoms with Gasteiger partial charge in [-0.1, -0.05) is 6.92 Å². The van der Waals surface area contributed by atoms with Gasteiger partial charge in [-0.05, 0) is 37.1 Å². The van der Waals surface area contributed by atoms with Crippen LogP contribution < -0.4 is 5.32 Å². The van der Waals surface area contributed by atoms with Crippen molar-refractivity contribution in [1.82, 2.24) is 0 Å². The minimum Gasteiger partial charge on any atom is -0.481 e. The highest BCUT2D eigenvalue weighted by atomic mass is 19.1. The number of carboxylic acids is 1. The summed E-state index contributed by atoms with van der Waals surface area (Å²) in [6, 6.07) is 4.09. The van der Waals surface area contributed by atoms with Gasteiger partial charge in [0.2, 0.25) is 5.91 Å². The lowest BCUT2D eigenvalue weighted by Crippen LogP contribution is -2.28. The molecule has 0 spiro atoms. The summed E-state index contributed by atoms with van der Waals surface area (Å²) in [5, 5.41) is 11.3. The second kappa shape index (κ2) is 5.43. The van der Waals surface area contributed by atoms with Gasteiger partial charge < -0.3 is 10.4 Å². The van der Waals surface area contributed by atoms with Gasteiger partial charge in [-0.25, -0.2) is 4.39 Å². The van der Waals surface area contributed by atoms with Gasteiger partial charge >= 0.3 is 5.97 Å². The molecule has 0 aliphatic heterocycles. The van der Waals surface area contributed by atoms with Gasteiger partial charge in [-0.15, -0.1) is 0 Å². The molecule has 1 aromatic rings. The number of hydrogen-bond donors (Lipinski definition) is 2. The maximum Gasteiger partial charge on any atom is 0.316 e. The first-order valence-electron chi connectivity index (χ1n) is 5.25. The average Bonchev–Trinajstić information content (AvgIpc) is 2.24. The molecule has 1 rings (SSSR count). The van der Waals surface area contributed by atoms with Crippen LogP contribution in [0, 0.1) is 18.7 Å². The largest absolute Gasteiger partial charge is 0.481 e. The summed E-state index contributed by atoms with van der Waals surface area (Å²) in [6.45, 7) is 3.19. The highest BCUT2D eigenvalue weighted by Crippen LogP contribution is 2.15. The van der Waals surface area contributed by atoms with E-state index >= 15 is 0 Å². The number of carbonyl (C=O) groups is 2. The SMILES string of the molecule is CCC(C(=O)O)C(=O)Nc1ccc(F)c(C)c1. The molecule has 0 aliphatic carbocycles. The second-order valence-electron chi connectivity index (χ2n) is 3.75. The van der Waals surface area contributed by atoms with Crippen LogP contribution in [0.15, 0.2) is 18.2 Å². The number of aliphatic carboxylic acids is 1. The zero-order chi connectivity index (χ0) is 13.0. The molecule has 2 N–H and O–H groups in total. The Morgan fingerprint density at radius 2 is 2.12 bits per heavy atom. The zero-order valence-electron chi connectivity index (χ0n) is 9.66. The Balaban J connectivity index is 2.80. The van der Waals surface area contributed by atoms with E-state index in [2.05, 4.69) is 5.32 Å². The number of benzene rings is 1. The normalized spacial score (nSPS) is 11.9. The van der Waals surface area contributed by atoms with Crippen LogP contribution in [0.4, 0.5) is 10.1 Å². The summed E-state index contributed by atoms with van der Waals surface area (Å²) in [6.07, 6.45) is 0.210. The van der Waals surface area contributed by atoms with Crippen molar-refractivity contribution in [2.45, 2.75) is 20.3 Å². The van der Waals surface area contributed by atoms with Crippen molar-refractivity contribution in [2.24, 2.45) is 5.92 Å². The highest BCUT2D eigenvalue weighted by Gasteiger charge is 2.24. The third-order valence-corrected chi connectivity index (χ3v) is 2.45. The molecular formula is C12H14FNO3. The van der Waals surface area contributed by atoms with Crippen LogP contribution in [0.1, 0.15) is 18.9 Å². The number of hydrogen-bond acceptors (Lipinski definition) is 2. The summed E-state index contributed by atoms with van der Waals surface area (Å²) in [5.41, 5.74) is 0.791. The van der Waals surface area contributed by atoms with Crippen molar-refractivity contribution >= 4 is 17.6 Å². The van der Waals surface area contributed by atoms with E-state index in [1.807, 2.05) is 0 Å². The third kappa shape index (κ3) is 3.27. The lowest BCUT2D eigenvalue weighted by Gasteiger charge is -2.11. The van der Waals surface area contributed by atoms with Crippen LogP contribution in [-0.4, -0.2) is 17.0 Å². The Hall–Kier alpha value is -1.91. The minimum atomic E-state index is -1.16. The van der Waals surface area contributed by atoms with Crippen LogP contribution in [-0.2, 0) is 9.59 Å². The second-order valence-corrected chi connectivity index (χ2v) is 3.75. The van der Waals surface area contributed by atoms with Gasteiger partial charge in [0.25, 0.3) is 0 Å². The van der Waals surface area contributed by atoms with Gasteiger partial charge in [0.05, 0.1) is 0 Å². The molecule has 4 nitrogen and oxygen atoms in total. The number of halogens is 1. The molecule has 0 fully saturated rings. The van der Waals surface area contributed by atoms with E-state index in [1.54, 1.807) is 13.8 Å². The lowest BCUT2D eigenvalue weighted by molar-refractivity contribution is -0.145. The molecule has 92 valence electrons. The number of rotatable bonds is 4. The average molecular weight is 239 g/mol. The van der Waals surface area contributed by atoms with E-state index in [0.717, 1.165) is 0 Å². The zero-order valence-corrected chi connectivity index (χ0v) is 9.66. The summed E-state index contributed by atoms with van der Waals surface area (Å²) >= 11 is 0. The molecule has 0 bridgehead atoms. The van der Waals surface area contributed by atoms with E-state index in [1.165, 1.54) is 18.2 Å². The molecular weight excluding hydrogens is 225 g/mol. The molecule has 1 atom stereocenters. The topological polar surface area (TPSA) is 66.4 Å². The van der Waals surface area contributed by atoms with E-state index in [9.17, 15) is 14.0 Å². The van der Waals surface area contributed by atoms with Gasteiger partial charge in [0.15, 0.2) is 0 Å². The molecule has 1 unspecified atom stereocenters. The van der Waals surface area contributed by atoms with Gasteiger partial charge in [0, 0.05) is 5.69 Å². The molecule has 1 amide bonds. The van der Waals surface area contributed by atoms with Gasteiger partial charge in [0.1, 0.15) is 11.7 Å². The molecule has 0 radical (unpaired) electrons. The number of aryl methyl sites for hydroxylation is 1. The van der Waals surface area contributed by atoms with Gasteiger partial charge in [-0.3, -0.25) is 9.59 Å². The van der Waals surface area contributed by atoms with Crippen molar-refractivity contribution in [2.75, 3.05) is 5.32 Å². The van der Waals surface area contributed by atoms with Crippen LogP contribution in [0.25, 0.3) is 0 Å². The first-order valence-corrected chi connectivity index (χ1v) is 5.25. The summed E-state index contributed by atoms with van der Waals surface area (Å²) in [5.74, 6) is -3.21. The molecule has 0 aromatic heterocycles. The molecule has 0 saturated heterocycles. The highest BCUT2D eigenvalue weighted by molar-refractivity contribution is 6.04. The number of nitrogens with one attached hydrogen (secondary N) is 1. The van der Waals surface area contributed by atoms with Crippen molar-refractivity contribution in [3.8, 4) is 0 Å². The Kier molecular flexibility index (Phi) is 4.20. The number of anilines is 1. The van der Waals surface area contributed by atoms with Crippen LogP contribution in [0.3, 0.4) is 0 Å². The van der Waals surface area contributed by atoms with Crippen LogP contribution in [0.2, 0.25) is 0 Å². The molecule has 17 heavy (non-hydrogen) atoms. The van der Waals surface area contributed by atoms with Gasteiger partial charge in [-0.2, -0.15) is 0 Å². The molecule has 0 heterocycles. The van der Waals surface area contributed by atoms with Crippen molar-refractivity contribution in [1.29, 1.82) is 0 Å². The van der Waals surface area contributed by atoms with E-state index in [0.29, 0.717) is 11.3 Å². The summed E-state index contributed by atoms with van der Waals surface area (Å²) in [7, 11) is 0. The van der Waals surface area contributed by atoms with Crippen molar-refractivity contribution in [3.63, 3.8) is 0 Å². The van der Waals surface area contributed by atoms with Crippen molar-refractivity contribution in [3.05, 3.63) is 29.6 Å². The lowest BCUT2D eigenvalue weighted by atomic mass is 10.1. The first kappa shape index (κ1) is 13.2. The summed E-state index contributed by atoms with van der Waals surface area (Å²) in [4.78, 5) is 22.4. The Morgan fingerprint density at radius 3 is 2.59 bits per heavy atom. The fourth-order valence-corrected chi connectivity index (χ4v) is 1.42. The molecule has 0 aliphatic rings. The van der Waals surface area contributed by atoms with Crippen LogP contribution in [0.5, 0.6) is 0 Å². The predicted octanol–water partition coefficient (Wildman–Crippen LogP) is 2.18. The fraction of sp³-hybridized carbons (Fsp3) is 0.333. The van der Waals surface area contributed by atoms with E-state index < -0.39 is 17.8 Å². The van der Waals surface area contributed by atoms with E-state index in [4.69, 9.17) is 5.11 Å². The summed E-state index contributed by atoms with van der Waals surface area (Å²) < 4.78 is 13.0. The van der Waals surface area contributed by atoms with E-state index in [-0.39, 0.29) is 12.2 Å². The first-order chi connectivity index (χ1) is 7.95. The minimum absolute atomic E-state index is 0.210. The number of amides is 1. The number of carboxylic acid groups (broad SMARTS) is 1. The maximum atomic E-state index is 13.0. The maximum absolute atomic E-state index is 13.0. The van der Waals surface area contributed by atoms with Crippen molar-refractivity contribution < 1.29 is 19.1 Å². The van der Waals surface area contributed by atoms with Crippen LogP contribution >= 0.6 is 0 Å². The Labute approximate surface area is 98.5 Å². The molecule has 1 aromatic carbocycles. The predicted molar refractivity (Wildman–Crippen MR) is 61.2 cm³/mol. The molecule has 0 saturated carbocycles. The monoisotopic (exact) mass is 239 g/mol. The smallest absolute Gasteiger partial charge is 0.316 e. The fourth-order valence-electron chi connectivity index (χ4n) is 1.42. The Morgan fingerprint density at radius 1 is 1.47 bits per heavy atom. The quantitative estimate of drug-likeness (QED) is 0.791. The number of carbonyl (C=O) groups excluding carboxylic acids is 1.